The van der Waals surface area contributed by atoms with Gasteiger partial charge in [0.05, 0.1) is 5.69 Å². The molecule has 0 spiro atoms. The molecule has 0 fully saturated rings. The number of thiazole rings is 1. The SMILES string of the molecule is Cc1nc(CNCCCCC(F)(F)F)sc1C. The second kappa shape index (κ2) is 6.35. The van der Waals surface area contributed by atoms with E-state index in [4.69, 9.17) is 0 Å². The van der Waals surface area contributed by atoms with Gasteiger partial charge in [-0.15, -0.1) is 11.3 Å². The molecule has 0 saturated heterocycles. The van der Waals surface area contributed by atoms with Crippen molar-refractivity contribution in [1.29, 1.82) is 0 Å². The third-order valence-corrected chi connectivity index (χ3v) is 3.49. The molecule has 17 heavy (non-hydrogen) atoms. The maximum atomic E-state index is 11.8. The molecule has 0 unspecified atom stereocenters. The molecular weight excluding hydrogens is 249 g/mol. The number of aryl methyl sites for hydroxylation is 2. The van der Waals surface area contributed by atoms with E-state index in [1.165, 1.54) is 4.88 Å². The van der Waals surface area contributed by atoms with Gasteiger partial charge >= 0.3 is 6.18 Å². The summed E-state index contributed by atoms with van der Waals surface area (Å²) in [5.41, 5.74) is 1.03. The molecule has 1 aromatic rings. The number of halogens is 3. The zero-order valence-corrected chi connectivity index (χ0v) is 10.8. The van der Waals surface area contributed by atoms with Crippen molar-refractivity contribution in [2.75, 3.05) is 6.54 Å². The van der Waals surface area contributed by atoms with E-state index in [9.17, 15) is 13.2 Å². The van der Waals surface area contributed by atoms with E-state index in [1.54, 1.807) is 11.3 Å². The molecule has 1 heterocycles. The number of aromatic nitrogens is 1. The van der Waals surface area contributed by atoms with Crippen molar-refractivity contribution >= 4 is 11.3 Å². The van der Waals surface area contributed by atoms with E-state index in [0.29, 0.717) is 19.5 Å². The Labute approximate surface area is 103 Å². The number of nitrogens with one attached hydrogen (secondary N) is 1. The first kappa shape index (κ1) is 14.4. The molecule has 1 N–H and O–H groups in total. The smallest absolute Gasteiger partial charge is 0.310 e. The molecule has 0 bridgehead atoms. The average Bonchev–Trinajstić information content (AvgIpc) is 2.50. The third-order valence-electron chi connectivity index (χ3n) is 2.41. The Morgan fingerprint density at radius 2 is 1.94 bits per heavy atom. The first-order valence-electron chi connectivity index (χ1n) is 5.59. The van der Waals surface area contributed by atoms with Crippen molar-refractivity contribution in [2.45, 2.75) is 45.8 Å². The van der Waals surface area contributed by atoms with E-state index in [1.807, 2.05) is 13.8 Å². The summed E-state index contributed by atoms with van der Waals surface area (Å²) < 4.78 is 35.5. The minimum Gasteiger partial charge on any atom is -0.310 e. The van der Waals surface area contributed by atoms with Gasteiger partial charge < -0.3 is 5.32 Å². The van der Waals surface area contributed by atoms with Crippen LogP contribution in [0.1, 0.15) is 34.8 Å². The fourth-order valence-electron chi connectivity index (χ4n) is 1.39. The lowest BCUT2D eigenvalue weighted by Gasteiger charge is -2.05. The number of rotatable bonds is 6. The second-order valence-corrected chi connectivity index (χ2v) is 5.29. The minimum atomic E-state index is -4.02. The Morgan fingerprint density at radius 1 is 1.24 bits per heavy atom. The van der Waals surface area contributed by atoms with Gasteiger partial charge in [-0.1, -0.05) is 0 Å². The van der Waals surface area contributed by atoms with Gasteiger partial charge in [-0.3, -0.25) is 0 Å². The van der Waals surface area contributed by atoms with Crippen LogP contribution < -0.4 is 5.32 Å². The molecule has 0 aromatic carbocycles. The van der Waals surface area contributed by atoms with E-state index in [2.05, 4.69) is 10.3 Å². The maximum Gasteiger partial charge on any atom is 0.389 e. The predicted molar refractivity (Wildman–Crippen MR) is 63.2 cm³/mol. The topological polar surface area (TPSA) is 24.9 Å². The molecule has 0 amide bonds. The maximum absolute atomic E-state index is 11.8. The van der Waals surface area contributed by atoms with Crippen LogP contribution in [0, 0.1) is 13.8 Å². The Bertz CT molecular complexity index is 327. The third kappa shape index (κ3) is 6.02. The molecule has 1 aromatic heterocycles. The fraction of sp³-hybridized carbons (Fsp3) is 0.727. The number of nitrogens with zero attached hydrogens (tertiary/aromatic N) is 1. The van der Waals surface area contributed by atoms with E-state index < -0.39 is 12.6 Å². The normalized spacial score (nSPS) is 12.1. The van der Waals surface area contributed by atoms with Crippen LogP contribution in [0.5, 0.6) is 0 Å². The van der Waals surface area contributed by atoms with Crippen molar-refractivity contribution in [2.24, 2.45) is 0 Å². The summed E-state index contributed by atoms with van der Waals surface area (Å²) in [6.45, 7) is 5.22. The molecular formula is C11H17F3N2S. The summed E-state index contributed by atoms with van der Waals surface area (Å²) in [6, 6.07) is 0. The van der Waals surface area contributed by atoms with E-state index in [-0.39, 0.29) is 6.42 Å². The van der Waals surface area contributed by atoms with Crippen molar-refractivity contribution in [3.8, 4) is 0 Å². The van der Waals surface area contributed by atoms with Crippen LogP contribution in [-0.4, -0.2) is 17.7 Å². The molecule has 0 aliphatic heterocycles. The molecule has 0 aliphatic carbocycles. The monoisotopic (exact) mass is 266 g/mol. The van der Waals surface area contributed by atoms with E-state index >= 15 is 0 Å². The average molecular weight is 266 g/mol. The van der Waals surface area contributed by atoms with Gasteiger partial charge in [0, 0.05) is 17.8 Å². The quantitative estimate of drug-likeness (QED) is 0.796. The first-order valence-corrected chi connectivity index (χ1v) is 6.40. The Morgan fingerprint density at radius 3 is 2.47 bits per heavy atom. The molecule has 2 nitrogen and oxygen atoms in total. The van der Waals surface area contributed by atoms with Crippen LogP contribution in [0.25, 0.3) is 0 Å². The first-order chi connectivity index (χ1) is 7.88. The zero-order valence-electron chi connectivity index (χ0n) is 10.0. The highest BCUT2D eigenvalue weighted by molar-refractivity contribution is 7.11. The molecule has 0 saturated carbocycles. The molecule has 1 rings (SSSR count). The number of hydrogen-bond donors (Lipinski definition) is 1. The summed E-state index contributed by atoms with van der Waals surface area (Å²) in [6.07, 6.45) is -3.98. The minimum absolute atomic E-state index is 0.187. The van der Waals surface area contributed by atoms with Crippen LogP contribution in [0.15, 0.2) is 0 Å². The van der Waals surface area contributed by atoms with Gasteiger partial charge in [-0.05, 0) is 33.2 Å². The summed E-state index contributed by atoms with van der Waals surface area (Å²) in [7, 11) is 0. The molecule has 0 aliphatic rings. The Hall–Kier alpha value is -0.620. The second-order valence-electron chi connectivity index (χ2n) is 4.00. The Kier molecular flexibility index (Phi) is 5.39. The van der Waals surface area contributed by atoms with Gasteiger partial charge in [0.1, 0.15) is 5.01 Å². The standard InChI is InChI=1S/C11H17F3N2S/c1-8-9(2)17-10(16-8)7-15-6-4-3-5-11(12,13)14/h15H,3-7H2,1-2H3. The molecule has 0 atom stereocenters. The van der Waals surface area contributed by atoms with Crippen LogP contribution in [0.2, 0.25) is 0 Å². The number of unbranched alkanes of at least 4 members (excludes halogenated alkanes) is 1. The summed E-state index contributed by atoms with van der Waals surface area (Å²) in [5, 5.41) is 4.11. The van der Waals surface area contributed by atoms with Gasteiger partial charge in [0.15, 0.2) is 0 Å². The zero-order chi connectivity index (χ0) is 12.9. The number of alkyl halides is 3. The summed E-state index contributed by atoms with van der Waals surface area (Å²) >= 11 is 1.63. The lowest BCUT2D eigenvalue weighted by molar-refractivity contribution is -0.135. The Balaban J connectivity index is 2.09. The molecule has 6 heteroatoms. The van der Waals surface area contributed by atoms with E-state index in [0.717, 1.165) is 10.7 Å². The van der Waals surface area contributed by atoms with Gasteiger partial charge in [-0.25, -0.2) is 4.98 Å². The summed E-state index contributed by atoms with van der Waals surface area (Å²) in [4.78, 5) is 5.54. The van der Waals surface area contributed by atoms with Crippen LogP contribution in [0.3, 0.4) is 0 Å². The van der Waals surface area contributed by atoms with Crippen molar-refractivity contribution < 1.29 is 13.2 Å². The molecule has 0 radical (unpaired) electrons. The van der Waals surface area contributed by atoms with Crippen molar-refractivity contribution in [3.05, 3.63) is 15.6 Å². The van der Waals surface area contributed by atoms with Crippen LogP contribution >= 0.6 is 11.3 Å². The van der Waals surface area contributed by atoms with Crippen molar-refractivity contribution in [3.63, 3.8) is 0 Å². The highest BCUT2D eigenvalue weighted by Crippen LogP contribution is 2.22. The summed E-state index contributed by atoms with van der Waals surface area (Å²) in [5.74, 6) is 0. The number of hydrogen-bond acceptors (Lipinski definition) is 3. The highest BCUT2D eigenvalue weighted by Gasteiger charge is 2.25. The highest BCUT2D eigenvalue weighted by atomic mass is 32.1. The van der Waals surface area contributed by atoms with Crippen LogP contribution in [0.4, 0.5) is 13.2 Å². The predicted octanol–water partition coefficient (Wildman–Crippen LogP) is 3.58. The lowest BCUT2D eigenvalue weighted by Crippen LogP contribution is -2.15. The fourth-order valence-corrected chi connectivity index (χ4v) is 2.29. The van der Waals surface area contributed by atoms with Gasteiger partial charge in [-0.2, -0.15) is 13.2 Å². The lowest BCUT2D eigenvalue weighted by atomic mass is 10.2. The van der Waals surface area contributed by atoms with Crippen molar-refractivity contribution in [1.82, 2.24) is 10.3 Å². The van der Waals surface area contributed by atoms with Gasteiger partial charge in [0.25, 0.3) is 0 Å². The molecule has 98 valence electrons. The van der Waals surface area contributed by atoms with Crippen LogP contribution in [-0.2, 0) is 6.54 Å². The largest absolute Gasteiger partial charge is 0.389 e. The van der Waals surface area contributed by atoms with Gasteiger partial charge in [0.2, 0.25) is 0 Å².